The third-order valence-corrected chi connectivity index (χ3v) is 7.08. The van der Waals surface area contributed by atoms with Crippen LogP contribution >= 0.6 is 0 Å². The molecule has 3 aromatic rings. The van der Waals surface area contributed by atoms with Gasteiger partial charge in [-0.2, -0.15) is 5.10 Å². The average molecular weight is 450 g/mol. The summed E-state index contributed by atoms with van der Waals surface area (Å²) in [5, 5.41) is 16.0. The number of methoxy groups -OCH3 is 1. The first-order valence-electron chi connectivity index (χ1n) is 11.4. The van der Waals surface area contributed by atoms with Crippen molar-refractivity contribution in [3.8, 4) is 17.0 Å². The van der Waals surface area contributed by atoms with Gasteiger partial charge in [-0.3, -0.25) is 14.8 Å². The molecule has 9 heteroatoms. The third kappa shape index (κ3) is 3.80. The van der Waals surface area contributed by atoms with Gasteiger partial charge < -0.3 is 14.2 Å². The van der Waals surface area contributed by atoms with Crippen molar-refractivity contribution in [1.29, 1.82) is 0 Å². The first-order chi connectivity index (χ1) is 15.9. The van der Waals surface area contributed by atoms with E-state index in [9.17, 15) is 4.79 Å². The number of aromatic nitrogens is 5. The van der Waals surface area contributed by atoms with Crippen LogP contribution in [-0.2, 0) is 18.4 Å². The number of H-pyrrole nitrogens is 1. The molecule has 4 heterocycles. The van der Waals surface area contributed by atoms with Gasteiger partial charge in [0, 0.05) is 68.1 Å². The Hall–Kier alpha value is -3.20. The normalized spacial score (nSPS) is 19.9. The summed E-state index contributed by atoms with van der Waals surface area (Å²) in [6, 6.07) is 8.01. The van der Waals surface area contributed by atoms with Gasteiger partial charge in [0.1, 0.15) is 17.9 Å². The van der Waals surface area contributed by atoms with Gasteiger partial charge in [0.2, 0.25) is 5.91 Å². The standard InChI is InChI=1S/C24H31N7O2/c1-16(2)23(32)31-11-20(22-28-26-15-29(22)3)24(14-31)12-30(13-24)10-18-9-25-27-21(18)17-5-7-19(33-4)8-6-17/h5-9,15-16,20H,10-14H2,1-4H3,(H,25,27). The van der Waals surface area contributed by atoms with Crippen molar-refractivity contribution in [2.24, 2.45) is 18.4 Å². The number of hydrogen-bond acceptors (Lipinski definition) is 6. The number of benzene rings is 1. The summed E-state index contributed by atoms with van der Waals surface area (Å²) >= 11 is 0. The molecular formula is C24H31N7O2. The predicted molar refractivity (Wildman–Crippen MR) is 123 cm³/mol. The molecule has 0 bridgehead atoms. The van der Waals surface area contributed by atoms with E-state index in [0.717, 1.165) is 49.0 Å². The van der Waals surface area contributed by atoms with Gasteiger partial charge in [-0.15, -0.1) is 10.2 Å². The zero-order chi connectivity index (χ0) is 23.2. The van der Waals surface area contributed by atoms with Crippen LogP contribution in [0.15, 0.2) is 36.8 Å². The van der Waals surface area contributed by atoms with E-state index in [0.29, 0.717) is 6.54 Å². The molecule has 1 N–H and O–H groups in total. The molecule has 0 radical (unpaired) electrons. The minimum atomic E-state index is -0.00513. The molecule has 0 aliphatic carbocycles. The lowest BCUT2D eigenvalue weighted by Crippen LogP contribution is -2.59. The number of nitrogens with one attached hydrogen (secondary N) is 1. The van der Waals surface area contributed by atoms with Gasteiger partial charge in [0.25, 0.3) is 0 Å². The van der Waals surface area contributed by atoms with E-state index in [2.05, 4.69) is 25.3 Å². The Balaban J connectivity index is 1.33. The van der Waals surface area contributed by atoms with E-state index in [1.807, 2.05) is 60.8 Å². The molecule has 2 aliphatic heterocycles. The van der Waals surface area contributed by atoms with Crippen LogP contribution in [0.5, 0.6) is 5.75 Å². The fourth-order valence-corrected chi connectivity index (χ4v) is 5.42. The molecule has 174 valence electrons. The Labute approximate surface area is 193 Å². The molecule has 2 saturated heterocycles. The fraction of sp³-hybridized carbons (Fsp3) is 0.500. The molecule has 5 rings (SSSR count). The molecule has 2 fully saturated rings. The summed E-state index contributed by atoms with van der Waals surface area (Å²) < 4.78 is 7.27. The van der Waals surface area contributed by atoms with Crippen molar-refractivity contribution in [3.63, 3.8) is 0 Å². The van der Waals surface area contributed by atoms with Gasteiger partial charge in [0.15, 0.2) is 0 Å². The zero-order valence-electron chi connectivity index (χ0n) is 19.7. The van der Waals surface area contributed by atoms with Crippen LogP contribution in [0.1, 0.15) is 31.2 Å². The van der Waals surface area contributed by atoms with Crippen molar-refractivity contribution in [1.82, 2.24) is 34.8 Å². The second kappa shape index (κ2) is 8.30. The largest absolute Gasteiger partial charge is 0.497 e. The molecule has 33 heavy (non-hydrogen) atoms. The van der Waals surface area contributed by atoms with E-state index in [-0.39, 0.29) is 23.2 Å². The fourth-order valence-electron chi connectivity index (χ4n) is 5.42. The van der Waals surface area contributed by atoms with Crippen LogP contribution in [0.3, 0.4) is 0 Å². The van der Waals surface area contributed by atoms with E-state index >= 15 is 0 Å². The van der Waals surface area contributed by atoms with Crippen molar-refractivity contribution < 1.29 is 9.53 Å². The van der Waals surface area contributed by atoms with Crippen LogP contribution in [-0.4, -0.2) is 74.0 Å². The number of carbonyl (C=O) groups is 1. The van der Waals surface area contributed by atoms with Gasteiger partial charge in [-0.05, 0) is 24.3 Å². The highest BCUT2D eigenvalue weighted by atomic mass is 16.5. The summed E-state index contributed by atoms with van der Waals surface area (Å²) in [5.41, 5.74) is 3.30. The van der Waals surface area contributed by atoms with Crippen molar-refractivity contribution in [2.45, 2.75) is 26.3 Å². The first-order valence-corrected chi connectivity index (χ1v) is 11.4. The Kier molecular flexibility index (Phi) is 5.44. The quantitative estimate of drug-likeness (QED) is 0.621. The molecule has 9 nitrogen and oxygen atoms in total. The number of amides is 1. The highest BCUT2D eigenvalue weighted by Crippen LogP contribution is 2.49. The van der Waals surface area contributed by atoms with E-state index in [1.165, 1.54) is 5.56 Å². The minimum Gasteiger partial charge on any atom is -0.497 e. The number of hydrogen-bond donors (Lipinski definition) is 1. The SMILES string of the molecule is COc1ccc(-c2[nH]ncc2CN2CC3(C2)CN(C(=O)C(C)C)CC3c2nncn2C)cc1. The zero-order valence-corrected chi connectivity index (χ0v) is 19.7. The molecule has 1 spiro atoms. The van der Waals surface area contributed by atoms with Crippen LogP contribution in [0, 0.1) is 11.3 Å². The van der Waals surface area contributed by atoms with Crippen LogP contribution in [0.25, 0.3) is 11.3 Å². The summed E-state index contributed by atoms with van der Waals surface area (Å²) in [6.45, 7) is 8.06. The van der Waals surface area contributed by atoms with Gasteiger partial charge in [0.05, 0.1) is 19.0 Å². The Morgan fingerprint density at radius 3 is 2.64 bits per heavy atom. The van der Waals surface area contributed by atoms with Crippen LogP contribution in [0.2, 0.25) is 0 Å². The molecule has 2 aliphatic rings. The number of ether oxygens (including phenoxy) is 1. The van der Waals surface area contributed by atoms with Gasteiger partial charge in [-0.1, -0.05) is 13.8 Å². The van der Waals surface area contributed by atoms with Crippen molar-refractivity contribution in [3.05, 3.63) is 48.2 Å². The van der Waals surface area contributed by atoms with Crippen molar-refractivity contribution in [2.75, 3.05) is 33.3 Å². The average Bonchev–Trinajstić information content (AvgIpc) is 3.51. The van der Waals surface area contributed by atoms with Crippen LogP contribution < -0.4 is 4.74 Å². The predicted octanol–water partition coefficient (Wildman–Crippen LogP) is 2.30. The smallest absolute Gasteiger partial charge is 0.225 e. The number of aromatic amines is 1. The molecular weight excluding hydrogens is 418 g/mol. The summed E-state index contributed by atoms with van der Waals surface area (Å²) in [5.74, 6) is 2.20. The number of nitrogens with zero attached hydrogens (tertiary/aromatic N) is 6. The highest BCUT2D eigenvalue weighted by molar-refractivity contribution is 5.78. The lowest BCUT2D eigenvalue weighted by molar-refractivity contribution is -0.134. The lowest BCUT2D eigenvalue weighted by Gasteiger charge is -2.50. The maximum atomic E-state index is 12.8. The summed E-state index contributed by atoms with van der Waals surface area (Å²) in [7, 11) is 3.66. The second-order valence-corrected chi connectivity index (χ2v) is 9.73. The molecule has 0 saturated carbocycles. The number of rotatable bonds is 6. The molecule has 1 atom stereocenters. The number of carbonyl (C=O) groups excluding carboxylic acids is 1. The van der Waals surface area contributed by atoms with Crippen LogP contribution in [0.4, 0.5) is 0 Å². The molecule has 1 amide bonds. The second-order valence-electron chi connectivity index (χ2n) is 9.73. The first kappa shape index (κ1) is 21.6. The topological polar surface area (TPSA) is 92.2 Å². The molecule has 2 aromatic heterocycles. The Bertz CT molecular complexity index is 1130. The summed E-state index contributed by atoms with van der Waals surface area (Å²) in [6.07, 6.45) is 3.66. The Morgan fingerprint density at radius 1 is 1.24 bits per heavy atom. The van der Waals surface area contributed by atoms with Gasteiger partial charge in [-0.25, -0.2) is 0 Å². The third-order valence-electron chi connectivity index (χ3n) is 7.08. The maximum Gasteiger partial charge on any atom is 0.225 e. The maximum absolute atomic E-state index is 12.8. The number of likely N-dealkylation sites (tertiary alicyclic amines) is 2. The van der Waals surface area contributed by atoms with E-state index in [4.69, 9.17) is 4.74 Å². The van der Waals surface area contributed by atoms with Gasteiger partial charge >= 0.3 is 0 Å². The van der Waals surface area contributed by atoms with Crippen molar-refractivity contribution >= 4 is 5.91 Å². The monoisotopic (exact) mass is 449 g/mol. The Morgan fingerprint density at radius 2 is 2.00 bits per heavy atom. The lowest BCUT2D eigenvalue weighted by atomic mass is 9.71. The van der Waals surface area contributed by atoms with E-state index in [1.54, 1.807) is 13.4 Å². The highest BCUT2D eigenvalue weighted by Gasteiger charge is 2.56. The number of aryl methyl sites for hydroxylation is 1. The molecule has 1 unspecified atom stereocenters. The summed E-state index contributed by atoms with van der Waals surface area (Å²) in [4.78, 5) is 17.3. The van der Waals surface area contributed by atoms with E-state index < -0.39 is 0 Å². The minimum absolute atomic E-state index is 0.00513. The molecule has 1 aromatic carbocycles.